The number of aliphatic imine (C=N–C) groups is 1. The highest BCUT2D eigenvalue weighted by Gasteiger charge is 2.21. The molecule has 3 rings (SSSR count). The molecule has 1 aliphatic heterocycles. The summed E-state index contributed by atoms with van der Waals surface area (Å²) < 4.78 is 5.43. The lowest BCUT2D eigenvalue weighted by Crippen LogP contribution is -2.46. The van der Waals surface area contributed by atoms with Crippen LogP contribution < -0.4 is 15.4 Å². The van der Waals surface area contributed by atoms with Gasteiger partial charge in [-0.25, -0.2) is 0 Å². The van der Waals surface area contributed by atoms with Crippen LogP contribution in [0.2, 0.25) is 0 Å². The van der Waals surface area contributed by atoms with Crippen LogP contribution in [0.25, 0.3) is 0 Å². The molecule has 2 aromatic rings. The molecule has 7 heteroatoms. The number of rotatable bonds is 6. The van der Waals surface area contributed by atoms with Gasteiger partial charge in [0.1, 0.15) is 5.75 Å². The first-order chi connectivity index (χ1) is 13.6. The summed E-state index contributed by atoms with van der Waals surface area (Å²) in [5.41, 5.74) is 3.64. The highest BCUT2D eigenvalue weighted by atomic mass is 32.1. The maximum atomic E-state index is 12.5. The number of guanidine groups is 1. The van der Waals surface area contributed by atoms with E-state index in [1.54, 1.807) is 25.5 Å². The van der Waals surface area contributed by atoms with Gasteiger partial charge in [0.2, 0.25) is 5.91 Å². The molecule has 2 N–H and O–H groups in total. The molecule has 0 unspecified atom stereocenters. The Kier molecular flexibility index (Phi) is 6.92. The van der Waals surface area contributed by atoms with E-state index in [4.69, 9.17) is 4.74 Å². The molecule has 0 aliphatic carbocycles. The Bertz CT molecular complexity index is 847. The van der Waals surface area contributed by atoms with Crippen LogP contribution in [-0.4, -0.2) is 50.6 Å². The predicted molar refractivity (Wildman–Crippen MR) is 114 cm³/mol. The van der Waals surface area contributed by atoms with Gasteiger partial charge in [-0.3, -0.25) is 9.79 Å². The molecule has 0 saturated carbocycles. The van der Waals surface area contributed by atoms with Crippen molar-refractivity contribution in [3.05, 3.63) is 51.2 Å². The summed E-state index contributed by atoms with van der Waals surface area (Å²) in [7, 11) is 3.40. The van der Waals surface area contributed by atoms with Gasteiger partial charge >= 0.3 is 0 Å². The molecule has 6 nitrogen and oxygen atoms in total. The van der Waals surface area contributed by atoms with Gasteiger partial charge in [-0.2, -0.15) is 0 Å². The summed E-state index contributed by atoms with van der Waals surface area (Å²) in [5.74, 6) is 1.62. The Hall–Kier alpha value is -2.54. The topological polar surface area (TPSA) is 66.0 Å². The Morgan fingerprint density at radius 3 is 2.96 bits per heavy atom. The summed E-state index contributed by atoms with van der Waals surface area (Å²) in [6, 6.07) is 8.29. The molecule has 0 spiro atoms. The van der Waals surface area contributed by atoms with Crippen LogP contribution in [0.5, 0.6) is 5.75 Å². The molecule has 0 radical (unpaired) electrons. The Balaban J connectivity index is 1.45. The second-order valence-electron chi connectivity index (χ2n) is 6.85. The van der Waals surface area contributed by atoms with Gasteiger partial charge in [0, 0.05) is 31.6 Å². The average molecular weight is 401 g/mol. The van der Waals surface area contributed by atoms with E-state index in [0.717, 1.165) is 30.7 Å². The molecule has 0 saturated heterocycles. The molecule has 0 fully saturated rings. The zero-order valence-corrected chi connectivity index (χ0v) is 17.6. The highest BCUT2D eigenvalue weighted by molar-refractivity contribution is 7.10. The fourth-order valence-electron chi connectivity index (χ4n) is 3.37. The van der Waals surface area contributed by atoms with Gasteiger partial charge in [-0.05, 0) is 48.4 Å². The largest absolute Gasteiger partial charge is 0.496 e. The number of methoxy groups -OCH3 is 1. The van der Waals surface area contributed by atoms with E-state index in [1.165, 1.54) is 16.0 Å². The zero-order valence-electron chi connectivity index (χ0n) is 16.7. The number of amides is 1. The molecule has 2 heterocycles. The molecular weight excluding hydrogens is 372 g/mol. The predicted octanol–water partition coefficient (Wildman–Crippen LogP) is 2.36. The number of carbonyl (C=O) groups excluding carboxylic acids is 1. The number of hydrogen-bond acceptors (Lipinski definition) is 4. The van der Waals surface area contributed by atoms with Crippen molar-refractivity contribution in [3.8, 4) is 5.75 Å². The first kappa shape index (κ1) is 20.2. The quantitative estimate of drug-likeness (QED) is 0.577. The van der Waals surface area contributed by atoms with Crippen molar-refractivity contribution in [1.29, 1.82) is 0 Å². The van der Waals surface area contributed by atoms with Crippen molar-refractivity contribution in [3.63, 3.8) is 0 Å². The van der Waals surface area contributed by atoms with Gasteiger partial charge < -0.3 is 20.3 Å². The van der Waals surface area contributed by atoms with Crippen LogP contribution in [0, 0.1) is 6.92 Å². The van der Waals surface area contributed by atoms with E-state index < -0.39 is 0 Å². The zero-order chi connectivity index (χ0) is 19.9. The number of fused-ring (bicyclic) bond motifs is 1. The molecule has 1 aromatic carbocycles. The Morgan fingerprint density at radius 1 is 1.32 bits per heavy atom. The minimum atomic E-state index is 0.0974. The van der Waals surface area contributed by atoms with Crippen LogP contribution in [0.1, 0.15) is 21.6 Å². The second kappa shape index (κ2) is 9.59. The van der Waals surface area contributed by atoms with E-state index in [2.05, 4.69) is 40.1 Å². The number of aryl methyl sites for hydroxylation is 1. The molecule has 0 bridgehead atoms. The minimum Gasteiger partial charge on any atom is -0.496 e. The fraction of sp³-hybridized carbons (Fsp3) is 0.429. The van der Waals surface area contributed by atoms with Gasteiger partial charge in [0.25, 0.3) is 0 Å². The van der Waals surface area contributed by atoms with Crippen molar-refractivity contribution >= 4 is 23.2 Å². The molecule has 0 atom stereocenters. The lowest BCUT2D eigenvalue weighted by atomic mass is 10.1. The number of carbonyl (C=O) groups is 1. The average Bonchev–Trinajstić information content (AvgIpc) is 3.18. The van der Waals surface area contributed by atoms with E-state index in [1.807, 2.05) is 17.0 Å². The van der Waals surface area contributed by atoms with Gasteiger partial charge in [-0.15, -0.1) is 11.3 Å². The Morgan fingerprint density at radius 2 is 2.18 bits per heavy atom. The first-order valence-electron chi connectivity index (χ1n) is 9.51. The summed E-state index contributed by atoms with van der Waals surface area (Å²) >= 11 is 1.78. The lowest BCUT2D eigenvalue weighted by molar-refractivity contribution is -0.130. The number of hydrogen-bond donors (Lipinski definition) is 2. The van der Waals surface area contributed by atoms with E-state index in [0.29, 0.717) is 19.0 Å². The van der Waals surface area contributed by atoms with E-state index in [-0.39, 0.29) is 12.5 Å². The van der Waals surface area contributed by atoms with Gasteiger partial charge in [0.05, 0.1) is 13.7 Å². The van der Waals surface area contributed by atoms with Gasteiger partial charge in [0.15, 0.2) is 5.96 Å². The van der Waals surface area contributed by atoms with Crippen LogP contribution in [0.15, 0.2) is 34.6 Å². The lowest BCUT2D eigenvalue weighted by Gasteiger charge is -2.27. The molecule has 1 amide bonds. The highest BCUT2D eigenvalue weighted by Crippen LogP contribution is 2.23. The normalized spacial score (nSPS) is 13.8. The summed E-state index contributed by atoms with van der Waals surface area (Å²) in [5, 5.41) is 8.51. The maximum absolute atomic E-state index is 12.5. The number of thiophene rings is 1. The van der Waals surface area contributed by atoms with Crippen molar-refractivity contribution in [1.82, 2.24) is 15.5 Å². The third-order valence-corrected chi connectivity index (χ3v) is 5.94. The third kappa shape index (κ3) is 5.04. The van der Waals surface area contributed by atoms with Crippen LogP contribution in [0.3, 0.4) is 0 Å². The third-order valence-electron chi connectivity index (χ3n) is 4.91. The molecule has 1 aliphatic rings. The number of benzene rings is 1. The molecule has 28 heavy (non-hydrogen) atoms. The maximum Gasteiger partial charge on any atom is 0.242 e. The van der Waals surface area contributed by atoms with Crippen molar-refractivity contribution in [2.24, 2.45) is 4.99 Å². The summed E-state index contributed by atoms with van der Waals surface area (Å²) in [6.45, 7) is 4.51. The number of nitrogens with one attached hydrogen (secondary N) is 2. The first-order valence-corrected chi connectivity index (χ1v) is 10.4. The monoisotopic (exact) mass is 400 g/mol. The van der Waals surface area contributed by atoms with Crippen molar-refractivity contribution in [2.45, 2.75) is 26.3 Å². The van der Waals surface area contributed by atoms with Gasteiger partial charge in [-0.1, -0.05) is 17.7 Å². The van der Waals surface area contributed by atoms with E-state index in [9.17, 15) is 4.79 Å². The minimum absolute atomic E-state index is 0.0974. The van der Waals surface area contributed by atoms with Crippen LogP contribution in [-0.2, 0) is 24.2 Å². The molecule has 1 aromatic heterocycles. The number of nitrogens with zero attached hydrogens (tertiary/aromatic N) is 2. The Labute approximate surface area is 170 Å². The molecular formula is C21H28N4O2S. The SMILES string of the molecule is CN=C(NCCc1cc(C)ccc1OC)NCC(=O)N1CCc2sccc2C1. The fourth-order valence-corrected chi connectivity index (χ4v) is 4.26. The smallest absolute Gasteiger partial charge is 0.242 e. The standard InChI is InChI=1S/C21H28N4O2S/c1-15-4-5-18(27-3)16(12-15)6-9-23-21(22-2)24-13-20(26)25-10-7-19-17(14-25)8-11-28-19/h4-5,8,11-12H,6-7,9-10,13-14H2,1-3H3,(H2,22,23,24). The summed E-state index contributed by atoms with van der Waals surface area (Å²) in [4.78, 5) is 20.1. The molecule has 150 valence electrons. The second-order valence-corrected chi connectivity index (χ2v) is 7.85. The number of ether oxygens (including phenoxy) is 1. The van der Waals surface area contributed by atoms with Crippen LogP contribution >= 0.6 is 11.3 Å². The van der Waals surface area contributed by atoms with Crippen molar-refractivity contribution in [2.75, 3.05) is 33.8 Å². The van der Waals surface area contributed by atoms with E-state index >= 15 is 0 Å². The summed E-state index contributed by atoms with van der Waals surface area (Å²) in [6.07, 6.45) is 1.76. The van der Waals surface area contributed by atoms with Crippen LogP contribution in [0.4, 0.5) is 0 Å². The van der Waals surface area contributed by atoms with Crippen molar-refractivity contribution < 1.29 is 9.53 Å².